The van der Waals surface area contributed by atoms with Gasteiger partial charge in [0.05, 0.1) is 89.8 Å². The van der Waals surface area contributed by atoms with Crippen LogP contribution in [-0.4, -0.2) is 632 Å². The molecule has 0 bridgehead atoms. The molecule has 11 saturated heterocycles. The van der Waals surface area contributed by atoms with Crippen LogP contribution < -0.4 is 17.2 Å². The Morgan fingerprint density at radius 1 is 0.331 bits per heavy atom. The maximum absolute atomic E-state index is 14.4. The number of phosphoric acid groups is 1. The Kier molecular flexibility index (Phi) is 40.7. The third-order valence-corrected chi connectivity index (χ3v) is 26.1. The van der Waals surface area contributed by atoms with Crippen molar-refractivity contribution < 1.29 is 321 Å². The fourth-order valence-electron chi connectivity index (χ4n) is 17.5. The summed E-state index contributed by atoms with van der Waals surface area (Å²) in [5.41, 5.74) is 17.9. The summed E-state index contributed by atoms with van der Waals surface area (Å²) in [5, 5.41) is 402. The van der Waals surface area contributed by atoms with E-state index >= 15 is 0 Å². The van der Waals surface area contributed by atoms with Crippen LogP contribution in [-0.2, 0) is 128 Å². The third-order valence-electron chi connectivity index (χ3n) is 25.6. The quantitative estimate of drug-likeness (QED) is 0.0253. The summed E-state index contributed by atoms with van der Waals surface area (Å²) in [5.74, 6) is -16.9. The topological polar surface area (TPSA) is 1140 Å². The number of carboxylic acids is 4. The minimum atomic E-state index is -5.97. The first kappa shape index (κ1) is 118. The summed E-state index contributed by atoms with van der Waals surface area (Å²) in [6.45, 7) is -12.8. The van der Waals surface area contributed by atoms with Gasteiger partial charge in [-0.3, -0.25) is 4.52 Å². The van der Waals surface area contributed by atoms with Crippen molar-refractivity contribution in [2.45, 2.75) is 368 Å². The van der Waals surface area contributed by atoms with Gasteiger partial charge < -0.3 is 310 Å². The second-order valence-corrected chi connectivity index (χ2v) is 36.4. The molecular weight excluding hydrogens is 1990 g/mol. The monoisotopic (exact) mass is 2110 g/mol. The van der Waals surface area contributed by atoms with Gasteiger partial charge in [-0.2, -0.15) is 0 Å². The summed E-state index contributed by atoms with van der Waals surface area (Å²) < 4.78 is 138. The van der Waals surface area contributed by atoms with E-state index in [1.807, 2.05) is 0 Å². The summed E-state index contributed by atoms with van der Waals surface area (Å²) in [6, 6.07) is -5.59. The largest absolute Gasteiger partial charge is 0.479 e. The highest BCUT2D eigenvalue weighted by Gasteiger charge is 2.67. The van der Waals surface area contributed by atoms with Crippen molar-refractivity contribution in [3.63, 3.8) is 0 Å². The molecule has 44 N–H and O–H groups in total. The molecule has 0 amide bonds. The molecule has 11 aliphatic rings. The predicted octanol–water partition coefficient (Wildman–Crippen LogP) is -27.0. The molecule has 0 radical (unpaired) electrons. The molecule has 0 unspecified atom stereocenters. The molecule has 824 valence electrons. The standard InChI is InChI=1S/C73H122N3O65P/c74-23-30(92)28(90)20(124-61(23)112)9-121-62-25(76)32(94)51(141-142(117,118)119)22(127-62)11-123-72(70(113)114)2-18(138-73(71(115)116)1-12(82)26(88)48(139-73)14(84)4-78)52(50(140-72)16(86)6-80)131-69-45(107)55(57(49(130-69)15(85)5-79)136-66-41(103)33(95)29(91)21(126-66)10-122-65-40(102)35(97)37(99)56(135-65)59(108)109)134-68-44(106)53(43(105)47(129-68)17(87)8-120-64-39(101)34(96)36(98)46(128-64)13(83)3-77)132-67-42(104)38(100)54(58(137-67)60(110)111)133-63-24(75)31(93)27(89)19(7-81)125-63/h12-58,61-69,77-107,112H,1-11,74-76H2,(H,108,109)(H,110,111)(H,113,114)(H,115,116)(H2,117,118,119)/t12-,13+,14-,15+,16-,17+,18-,19-,20-,21-,22-,23-,24-,25-,26-,27-,28-,29-,30-,31-,32-,33+,34+,35+,36+,37-,38-,39+,40-,41-,42-,43-,44+,45+,46-,47-,48-,49-,50-,51-,52-,53+,54+,55-,56+,57-,58+,61+,62-,63-,64+,65-,66+,67+,68-,69-,72-,73-/m1/s1. The number of carbonyl (C=O) groups is 4. The summed E-state index contributed by atoms with van der Waals surface area (Å²) in [4.78, 5) is 74.1. The molecule has 142 heavy (non-hydrogen) atoms. The lowest BCUT2D eigenvalue weighted by Gasteiger charge is -2.53. The number of carboxylic acid groups (broad SMARTS) is 4. The van der Waals surface area contributed by atoms with Crippen molar-refractivity contribution in [2.75, 3.05) is 59.5 Å². The summed E-state index contributed by atoms with van der Waals surface area (Å²) in [7, 11) is -5.97. The van der Waals surface area contributed by atoms with E-state index in [1.54, 1.807) is 0 Å². The second-order valence-electron chi connectivity index (χ2n) is 35.2. The molecule has 69 heteroatoms. The van der Waals surface area contributed by atoms with Crippen LogP contribution in [0.3, 0.4) is 0 Å². The molecule has 11 heterocycles. The first-order valence-corrected chi connectivity index (χ1v) is 45.1. The van der Waals surface area contributed by atoms with Gasteiger partial charge in [0.15, 0.2) is 68.8 Å². The molecule has 0 aliphatic carbocycles. The van der Waals surface area contributed by atoms with E-state index in [9.17, 15) is 217 Å². The molecule has 0 aromatic carbocycles. The predicted molar refractivity (Wildman–Crippen MR) is 421 cm³/mol. The number of phosphoric ester groups is 1. The van der Waals surface area contributed by atoms with Gasteiger partial charge in [-0.25, -0.2) is 23.7 Å². The maximum atomic E-state index is 14.4. The Bertz CT molecular complexity index is 4060. The van der Waals surface area contributed by atoms with Crippen LogP contribution in [0, 0.1) is 0 Å². The SMILES string of the molecule is N[C@@H]1[C@@H](O)[C@H](O)[C@@H](CO[C@@H]2O[C@H](CO[C@]3(C(=O)O)C[C@@H](O[C@]4(C(=O)O)C[C@@H](O)[C@@H](O)[C@@H]([C@H](O)CO)O4)[C@@H](O[C@H]4O[C@H]([C@@H](O)CO)[C@@H](O[C@@H]5O[C@H](CO[C@@H]6O[C@H](C(=O)O)[C@H](O)[C@H](O)[C@H]6O)[C@@H](O)[C@H](O)[C@H]5O)[C@H](O[C@H]5O[C@H]([C@@H](O)CO[C@H]6O[C@H]([C@@H](O)CO)[C@@H](O)[C@H](O)[C@@H]6O)[C@@H](O)[C@H](O[C@H]6O[C@H](C(=O)O)[C@@H](O[C@H]7O[C@H](CO)[C@@H](O)[C@H](O)[C@H]7N)[C@H](O)[C@H]6O)[C@@H]5O)[C@@H]4O)[C@@H]([C@H](O)CO)O3)[C@@H](OP(=O)(O)O)[C@H](O)[C@H]2N)O[C@@H]1O. The number of aliphatic carboxylic acids is 4. The number of nitrogens with two attached hydrogens (primary N) is 3. The van der Waals surface area contributed by atoms with Gasteiger partial charge in [0.25, 0.3) is 11.6 Å². The zero-order valence-corrected chi connectivity index (χ0v) is 74.2. The number of aliphatic hydroxyl groups is 32. The van der Waals surface area contributed by atoms with Crippen LogP contribution in [0.5, 0.6) is 0 Å². The van der Waals surface area contributed by atoms with Gasteiger partial charge in [0.2, 0.25) is 0 Å². The van der Waals surface area contributed by atoms with Crippen LogP contribution in [0.15, 0.2) is 0 Å². The molecule has 11 fully saturated rings. The smallest absolute Gasteiger partial charge is 0.470 e. The summed E-state index contributed by atoms with van der Waals surface area (Å²) >= 11 is 0. The molecule has 58 atom stereocenters. The van der Waals surface area contributed by atoms with E-state index in [0.717, 1.165) is 0 Å². The van der Waals surface area contributed by atoms with E-state index in [2.05, 4.69) is 0 Å². The van der Waals surface area contributed by atoms with Crippen LogP contribution in [0.2, 0.25) is 0 Å². The van der Waals surface area contributed by atoms with Crippen LogP contribution in [0.25, 0.3) is 0 Å². The number of hydrogen-bond acceptors (Lipinski definition) is 62. The maximum Gasteiger partial charge on any atom is 0.470 e. The fraction of sp³-hybridized carbons (Fsp3) is 0.945. The number of rotatable bonds is 40. The van der Waals surface area contributed by atoms with Crippen molar-refractivity contribution >= 4 is 31.7 Å². The zero-order chi connectivity index (χ0) is 105. The summed E-state index contributed by atoms with van der Waals surface area (Å²) in [6.07, 6.45) is -138. The average Bonchev–Trinajstić information content (AvgIpc) is 0.736. The van der Waals surface area contributed by atoms with E-state index in [-0.39, 0.29) is 0 Å². The third kappa shape index (κ3) is 25.2. The molecule has 68 nitrogen and oxygen atoms in total. The zero-order valence-electron chi connectivity index (χ0n) is 73.3. The van der Waals surface area contributed by atoms with Crippen molar-refractivity contribution in [1.29, 1.82) is 0 Å². The highest BCUT2D eigenvalue weighted by Crippen LogP contribution is 2.48. The first-order valence-electron chi connectivity index (χ1n) is 43.5. The van der Waals surface area contributed by atoms with Crippen LogP contribution in [0.1, 0.15) is 12.8 Å². The van der Waals surface area contributed by atoms with Crippen LogP contribution in [0.4, 0.5) is 0 Å². The van der Waals surface area contributed by atoms with Crippen molar-refractivity contribution in [2.24, 2.45) is 17.2 Å². The Balaban J connectivity index is 1.03. The molecular formula is C73H122N3O65P. The molecule has 11 aliphatic heterocycles. The molecule has 0 spiro atoms. The van der Waals surface area contributed by atoms with E-state index < -0.39 is 459 Å². The molecule has 11 rings (SSSR count). The lowest BCUT2D eigenvalue weighted by molar-refractivity contribution is -0.419. The minimum absolute atomic E-state index is 1.01. The van der Waals surface area contributed by atoms with Crippen molar-refractivity contribution in [3.05, 3.63) is 0 Å². The van der Waals surface area contributed by atoms with Gasteiger partial charge in [-0.05, 0) is 0 Å². The van der Waals surface area contributed by atoms with Gasteiger partial charge in [-0.15, -0.1) is 0 Å². The Hall–Kier alpha value is -4.25. The Morgan fingerprint density at radius 3 is 1.34 bits per heavy atom. The number of ether oxygens (including phenoxy) is 21. The first-order chi connectivity index (χ1) is 66.5. The van der Waals surface area contributed by atoms with Crippen LogP contribution >= 0.6 is 7.82 Å². The van der Waals surface area contributed by atoms with Crippen molar-refractivity contribution in [3.8, 4) is 0 Å². The van der Waals surface area contributed by atoms with E-state index in [4.69, 9.17) is 121 Å². The minimum Gasteiger partial charge on any atom is -0.479 e. The Labute approximate surface area is 795 Å². The molecule has 0 aromatic heterocycles. The number of hydrogen-bond donors (Lipinski definition) is 41. The van der Waals surface area contributed by atoms with E-state index in [0.29, 0.717) is 0 Å². The highest BCUT2D eigenvalue weighted by atomic mass is 31.2. The molecule has 0 aromatic rings. The van der Waals surface area contributed by atoms with Gasteiger partial charge in [0, 0.05) is 12.8 Å². The normalized spacial score (nSPS) is 49.0. The highest BCUT2D eigenvalue weighted by molar-refractivity contribution is 7.46. The van der Waals surface area contributed by atoms with Crippen molar-refractivity contribution in [1.82, 2.24) is 0 Å². The lowest BCUT2D eigenvalue weighted by Crippen LogP contribution is -2.71. The number of aliphatic hydroxyl groups excluding tert-OH is 32. The molecule has 0 saturated carbocycles. The van der Waals surface area contributed by atoms with Gasteiger partial charge in [0.1, 0.15) is 244 Å². The fourth-order valence-corrected chi connectivity index (χ4v) is 18.1. The van der Waals surface area contributed by atoms with Gasteiger partial charge >= 0.3 is 31.7 Å². The van der Waals surface area contributed by atoms with Gasteiger partial charge in [-0.1, -0.05) is 0 Å². The van der Waals surface area contributed by atoms with E-state index in [1.165, 1.54) is 0 Å². The average molecular weight is 2110 g/mol. The second kappa shape index (κ2) is 49.0. The Morgan fingerprint density at radius 2 is 0.754 bits per heavy atom. The lowest BCUT2D eigenvalue weighted by atomic mass is 9.89.